The zero-order valence-electron chi connectivity index (χ0n) is 14.7. The summed E-state index contributed by atoms with van der Waals surface area (Å²) in [5.41, 5.74) is -0.449. The van der Waals surface area contributed by atoms with Gasteiger partial charge in [-0.2, -0.15) is 0 Å². The number of nitrogens with one attached hydrogen (secondary N) is 2. The highest BCUT2D eigenvalue weighted by atomic mass is 16.6. The van der Waals surface area contributed by atoms with Crippen molar-refractivity contribution in [2.75, 3.05) is 0 Å². The normalized spacial score (nSPS) is 23.3. The van der Waals surface area contributed by atoms with E-state index < -0.39 is 5.60 Å². The molecule has 1 amide bonds. The summed E-state index contributed by atoms with van der Waals surface area (Å²) in [4.78, 5) is 16.0. The second-order valence-electron chi connectivity index (χ2n) is 7.53. The molecule has 1 aliphatic rings. The molecule has 1 saturated carbocycles. The first-order valence-electron chi connectivity index (χ1n) is 8.53. The molecule has 1 heterocycles. The first-order valence-corrected chi connectivity index (χ1v) is 8.53. The third-order valence-electron chi connectivity index (χ3n) is 3.96. The third kappa shape index (κ3) is 6.60. The number of carbonyl (C=O) groups is 1. The zero-order chi connectivity index (χ0) is 16.9. The Kier molecular flexibility index (Phi) is 6.04. The number of nitrogens with zero attached hydrogens (tertiary/aromatic N) is 2. The van der Waals surface area contributed by atoms with E-state index in [1.165, 1.54) is 0 Å². The lowest BCUT2D eigenvalue weighted by Crippen LogP contribution is -2.48. The molecule has 2 N–H and O–H groups in total. The molecule has 3 atom stereocenters. The Balaban J connectivity index is 1.75. The first kappa shape index (κ1) is 17.8. The topological polar surface area (TPSA) is 68.2 Å². The smallest absolute Gasteiger partial charge is 0.407 e. The number of hydrogen-bond donors (Lipinski definition) is 2. The molecule has 0 radical (unpaired) electrons. The molecule has 0 spiro atoms. The van der Waals surface area contributed by atoms with E-state index in [1.807, 2.05) is 33.3 Å². The minimum atomic E-state index is -0.449. The fourth-order valence-electron chi connectivity index (χ4n) is 3.11. The molecule has 130 valence electrons. The second-order valence-corrected chi connectivity index (χ2v) is 7.53. The van der Waals surface area contributed by atoms with Crippen LogP contribution in [0.1, 0.15) is 53.4 Å². The van der Waals surface area contributed by atoms with Gasteiger partial charge in [0, 0.05) is 37.1 Å². The fraction of sp³-hybridized carbons (Fsp3) is 0.765. The van der Waals surface area contributed by atoms with Gasteiger partial charge in [0.1, 0.15) is 5.60 Å². The van der Waals surface area contributed by atoms with Crippen LogP contribution in [0.5, 0.6) is 0 Å². The van der Waals surface area contributed by atoms with Gasteiger partial charge in [-0.1, -0.05) is 0 Å². The van der Waals surface area contributed by atoms with Crippen molar-refractivity contribution in [2.45, 2.75) is 83.6 Å². The minimum absolute atomic E-state index is 0.191. The van der Waals surface area contributed by atoms with E-state index in [0.717, 1.165) is 32.2 Å². The second kappa shape index (κ2) is 7.81. The van der Waals surface area contributed by atoms with Crippen LogP contribution in [-0.2, 0) is 11.3 Å². The summed E-state index contributed by atoms with van der Waals surface area (Å²) < 4.78 is 7.43. The quantitative estimate of drug-likeness (QED) is 0.874. The van der Waals surface area contributed by atoms with E-state index >= 15 is 0 Å². The largest absolute Gasteiger partial charge is 0.444 e. The summed E-state index contributed by atoms with van der Waals surface area (Å²) in [6.45, 7) is 8.74. The predicted molar refractivity (Wildman–Crippen MR) is 90.2 cm³/mol. The summed E-state index contributed by atoms with van der Waals surface area (Å²) in [5.74, 6) is 0. The van der Waals surface area contributed by atoms with Gasteiger partial charge in [0.25, 0.3) is 0 Å². The molecular weight excluding hydrogens is 292 g/mol. The fourth-order valence-corrected chi connectivity index (χ4v) is 3.11. The Morgan fingerprint density at radius 3 is 2.78 bits per heavy atom. The molecule has 1 aromatic rings. The van der Waals surface area contributed by atoms with Gasteiger partial charge in [0.05, 0.1) is 6.33 Å². The highest BCUT2D eigenvalue weighted by molar-refractivity contribution is 5.68. The van der Waals surface area contributed by atoms with Crippen LogP contribution in [0.4, 0.5) is 4.79 Å². The van der Waals surface area contributed by atoms with Gasteiger partial charge in [0.2, 0.25) is 0 Å². The average molecular weight is 322 g/mol. The zero-order valence-corrected chi connectivity index (χ0v) is 14.7. The van der Waals surface area contributed by atoms with Crippen LogP contribution < -0.4 is 10.6 Å². The van der Waals surface area contributed by atoms with Crippen LogP contribution in [-0.4, -0.2) is 39.4 Å². The Labute approximate surface area is 139 Å². The molecule has 1 aromatic heterocycles. The number of carbonyl (C=O) groups excluding carboxylic acids is 1. The van der Waals surface area contributed by atoms with Crippen molar-refractivity contribution in [3.63, 3.8) is 0 Å². The Morgan fingerprint density at radius 1 is 1.39 bits per heavy atom. The SMILES string of the molecule is CC(Cn1ccnc1)NC1CCCC(NC(=O)OC(C)(C)C)C1. The van der Waals surface area contributed by atoms with Gasteiger partial charge in [-0.05, 0) is 53.4 Å². The van der Waals surface area contributed by atoms with Crippen molar-refractivity contribution >= 4 is 6.09 Å². The maximum absolute atomic E-state index is 11.9. The Morgan fingerprint density at radius 2 is 2.13 bits per heavy atom. The van der Waals surface area contributed by atoms with Crippen molar-refractivity contribution in [1.29, 1.82) is 0 Å². The van der Waals surface area contributed by atoms with Gasteiger partial charge in [0.15, 0.2) is 0 Å². The van der Waals surface area contributed by atoms with Crippen molar-refractivity contribution in [3.05, 3.63) is 18.7 Å². The molecule has 0 bridgehead atoms. The van der Waals surface area contributed by atoms with Crippen LogP contribution in [0, 0.1) is 0 Å². The van der Waals surface area contributed by atoms with Gasteiger partial charge in [-0.3, -0.25) is 0 Å². The molecule has 0 aliphatic heterocycles. The molecular formula is C17H30N4O2. The summed E-state index contributed by atoms with van der Waals surface area (Å²) >= 11 is 0. The third-order valence-corrected chi connectivity index (χ3v) is 3.96. The molecule has 0 aromatic carbocycles. The number of hydrogen-bond acceptors (Lipinski definition) is 4. The Bertz CT molecular complexity index is 481. The minimum Gasteiger partial charge on any atom is -0.444 e. The Hall–Kier alpha value is -1.56. The molecule has 2 rings (SSSR count). The van der Waals surface area contributed by atoms with Crippen LogP contribution in [0.25, 0.3) is 0 Å². The predicted octanol–water partition coefficient (Wildman–Crippen LogP) is 2.70. The van der Waals surface area contributed by atoms with Crippen molar-refractivity contribution < 1.29 is 9.53 Å². The van der Waals surface area contributed by atoms with E-state index in [2.05, 4.69) is 27.1 Å². The number of alkyl carbamates (subject to hydrolysis) is 1. The lowest BCUT2D eigenvalue weighted by Gasteiger charge is -2.33. The van der Waals surface area contributed by atoms with E-state index in [1.54, 1.807) is 6.20 Å². The van der Waals surface area contributed by atoms with Crippen LogP contribution in [0.3, 0.4) is 0 Å². The summed E-state index contributed by atoms with van der Waals surface area (Å²) in [7, 11) is 0. The number of amides is 1. The van der Waals surface area contributed by atoms with E-state index in [4.69, 9.17) is 4.74 Å². The summed E-state index contributed by atoms with van der Waals surface area (Å²) in [6, 6.07) is 0.994. The molecule has 6 heteroatoms. The van der Waals surface area contributed by atoms with Crippen LogP contribution >= 0.6 is 0 Å². The highest BCUT2D eigenvalue weighted by Gasteiger charge is 2.26. The van der Waals surface area contributed by atoms with E-state index in [9.17, 15) is 4.79 Å². The molecule has 6 nitrogen and oxygen atoms in total. The molecule has 3 unspecified atom stereocenters. The lowest BCUT2D eigenvalue weighted by molar-refractivity contribution is 0.0488. The molecule has 1 fully saturated rings. The average Bonchev–Trinajstić information content (AvgIpc) is 2.89. The van der Waals surface area contributed by atoms with Gasteiger partial charge in [-0.25, -0.2) is 9.78 Å². The summed E-state index contributed by atoms with van der Waals surface area (Å²) in [6.07, 6.45) is 9.55. The molecule has 23 heavy (non-hydrogen) atoms. The maximum atomic E-state index is 11.9. The monoisotopic (exact) mass is 322 g/mol. The van der Waals surface area contributed by atoms with E-state index in [-0.39, 0.29) is 12.1 Å². The van der Waals surface area contributed by atoms with Crippen molar-refractivity contribution in [2.24, 2.45) is 0 Å². The van der Waals surface area contributed by atoms with Crippen molar-refractivity contribution in [3.8, 4) is 0 Å². The summed E-state index contributed by atoms with van der Waals surface area (Å²) in [5, 5.41) is 6.68. The van der Waals surface area contributed by atoms with Gasteiger partial charge >= 0.3 is 6.09 Å². The standard InChI is InChI=1S/C17H30N4O2/c1-13(11-21-9-8-18-12-21)19-14-6-5-7-15(10-14)20-16(22)23-17(2,3)4/h8-9,12-15,19H,5-7,10-11H2,1-4H3,(H,20,22). The lowest BCUT2D eigenvalue weighted by atomic mass is 9.90. The van der Waals surface area contributed by atoms with E-state index in [0.29, 0.717) is 12.1 Å². The molecule has 0 saturated heterocycles. The number of aromatic nitrogens is 2. The van der Waals surface area contributed by atoms with Crippen LogP contribution in [0.2, 0.25) is 0 Å². The van der Waals surface area contributed by atoms with Crippen molar-refractivity contribution in [1.82, 2.24) is 20.2 Å². The maximum Gasteiger partial charge on any atom is 0.407 e. The number of rotatable bonds is 5. The van der Waals surface area contributed by atoms with Crippen LogP contribution in [0.15, 0.2) is 18.7 Å². The van der Waals surface area contributed by atoms with Gasteiger partial charge in [-0.15, -0.1) is 0 Å². The highest BCUT2D eigenvalue weighted by Crippen LogP contribution is 2.20. The van der Waals surface area contributed by atoms with Gasteiger partial charge < -0.3 is 19.9 Å². The molecule has 1 aliphatic carbocycles. The number of ether oxygens (including phenoxy) is 1. The number of imidazole rings is 1. The first-order chi connectivity index (χ1) is 10.8.